The molecule has 3 heterocycles. The highest BCUT2D eigenvalue weighted by molar-refractivity contribution is 6.26. The molecule has 0 N–H and O–H groups in total. The van der Waals surface area contributed by atoms with Crippen molar-refractivity contribution in [1.82, 2.24) is 19.1 Å². The molecule has 10 aromatic rings. The van der Waals surface area contributed by atoms with Gasteiger partial charge in [-0.15, -0.1) is 0 Å². The lowest BCUT2D eigenvalue weighted by Gasteiger charge is -2.15. The van der Waals surface area contributed by atoms with Gasteiger partial charge in [-0.2, -0.15) is 0 Å². The molecule has 3 aromatic heterocycles. The van der Waals surface area contributed by atoms with E-state index in [1.165, 1.54) is 37.8 Å². The molecule has 10 rings (SSSR count). The second kappa shape index (κ2) is 9.62. The van der Waals surface area contributed by atoms with E-state index in [9.17, 15) is 0 Å². The Morgan fingerprint density at radius 3 is 1.89 bits per heavy atom. The zero-order valence-corrected chi connectivity index (χ0v) is 24.8. The Labute approximate surface area is 264 Å². The van der Waals surface area contributed by atoms with Gasteiger partial charge in [0.1, 0.15) is 5.69 Å². The van der Waals surface area contributed by atoms with E-state index in [-0.39, 0.29) is 0 Å². The summed E-state index contributed by atoms with van der Waals surface area (Å²) >= 11 is 0. The van der Waals surface area contributed by atoms with Crippen LogP contribution in [0.4, 0.5) is 0 Å². The summed E-state index contributed by atoms with van der Waals surface area (Å²) in [5.74, 6) is 0.823. The number of rotatable bonds is 3. The van der Waals surface area contributed by atoms with Gasteiger partial charge < -0.3 is 4.57 Å². The molecule has 0 radical (unpaired) electrons. The van der Waals surface area contributed by atoms with Crippen molar-refractivity contribution >= 4 is 65.4 Å². The summed E-state index contributed by atoms with van der Waals surface area (Å²) in [7, 11) is 0. The molecule has 0 aliphatic heterocycles. The molecule has 0 atom stereocenters. The Balaban J connectivity index is 1.41. The number of aromatic nitrogens is 4. The molecular formula is C42H26N4. The summed E-state index contributed by atoms with van der Waals surface area (Å²) in [4.78, 5) is 10.7. The maximum atomic E-state index is 5.42. The van der Waals surface area contributed by atoms with Crippen molar-refractivity contribution in [2.45, 2.75) is 0 Å². The Hall–Kier alpha value is -6.26. The second-order valence-electron chi connectivity index (χ2n) is 11.8. The molecule has 0 saturated heterocycles. The van der Waals surface area contributed by atoms with Crippen LogP contribution in [0.25, 0.3) is 88.2 Å². The fraction of sp³-hybridized carbons (Fsp3) is 0. The van der Waals surface area contributed by atoms with Crippen LogP contribution >= 0.6 is 0 Å². The molecule has 0 saturated carbocycles. The van der Waals surface area contributed by atoms with Crippen LogP contribution in [0, 0.1) is 0 Å². The zero-order valence-electron chi connectivity index (χ0n) is 24.8. The number of para-hydroxylation sites is 5. The monoisotopic (exact) mass is 586 g/mol. The first-order valence-electron chi connectivity index (χ1n) is 15.6. The quantitative estimate of drug-likeness (QED) is 0.206. The average molecular weight is 587 g/mol. The van der Waals surface area contributed by atoms with Gasteiger partial charge in [-0.3, -0.25) is 4.57 Å². The van der Waals surface area contributed by atoms with E-state index < -0.39 is 0 Å². The highest BCUT2D eigenvalue weighted by Crippen LogP contribution is 2.43. The van der Waals surface area contributed by atoms with Gasteiger partial charge in [0.15, 0.2) is 5.82 Å². The molecule has 0 bridgehead atoms. The Morgan fingerprint density at radius 1 is 0.413 bits per heavy atom. The summed E-state index contributed by atoms with van der Waals surface area (Å²) in [6.45, 7) is 0. The van der Waals surface area contributed by atoms with E-state index in [0.717, 1.165) is 50.3 Å². The second-order valence-corrected chi connectivity index (χ2v) is 11.8. The van der Waals surface area contributed by atoms with Crippen LogP contribution in [0.3, 0.4) is 0 Å². The summed E-state index contributed by atoms with van der Waals surface area (Å²) in [5, 5.41) is 7.17. The number of fused-ring (bicyclic) bond motifs is 9. The maximum Gasteiger partial charge on any atom is 0.165 e. The lowest BCUT2D eigenvalue weighted by Crippen LogP contribution is -2.04. The number of benzene rings is 7. The molecule has 0 fully saturated rings. The van der Waals surface area contributed by atoms with Crippen LogP contribution in [0.1, 0.15) is 0 Å². The third kappa shape index (κ3) is 3.55. The fourth-order valence-electron chi connectivity index (χ4n) is 7.26. The molecule has 46 heavy (non-hydrogen) atoms. The van der Waals surface area contributed by atoms with Gasteiger partial charge in [0.05, 0.1) is 33.1 Å². The van der Waals surface area contributed by atoms with Gasteiger partial charge in [-0.25, -0.2) is 9.97 Å². The minimum Gasteiger partial charge on any atom is -0.309 e. The molecule has 0 spiro atoms. The van der Waals surface area contributed by atoms with Crippen LogP contribution < -0.4 is 0 Å². The highest BCUT2D eigenvalue weighted by atomic mass is 15.1. The van der Waals surface area contributed by atoms with Crippen molar-refractivity contribution < 1.29 is 0 Å². The third-order valence-electron chi connectivity index (χ3n) is 9.27. The van der Waals surface area contributed by atoms with Crippen LogP contribution in [-0.4, -0.2) is 19.1 Å². The summed E-state index contributed by atoms with van der Waals surface area (Å²) in [5.41, 5.74) is 9.35. The molecule has 4 heteroatoms. The first-order valence-corrected chi connectivity index (χ1v) is 15.6. The van der Waals surface area contributed by atoms with E-state index in [4.69, 9.17) is 9.97 Å². The Morgan fingerprint density at radius 2 is 1.07 bits per heavy atom. The van der Waals surface area contributed by atoms with E-state index in [2.05, 4.69) is 149 Å². The van der Waals surface area contributed by atoms with Crippen molar-refractivity contribution in [3.05, 3.63) is 158 Å². The predicted octanol–water partition coefficient (Wildman–Crippen LogP) is 10.6. The van der Waals surface area contributed by atoms with E-state index in [1.54, 1.807) is 0 Å². The van der Waals surface area contributed by atoms with Crippen LogP contribution in [-0.2, 0) is 0 Å². The van der Waals surface area contributed by atoms with Gasteiger partial charge in [-0.05, 0) is 59.3 Å². The van der Waals surface area contributed by atoms with Crippen molar-refractivity contribution in [3.63, 3.8) is 0 Å². The lowest BCUT2D eigenvalue weighted by molar-refractivity contribution is 1.08. The first-order chi connectivity index (χ1) is 22.8. The van der Waals surface area contributed by atoms with Crippen LogP contribution in [0.2, 0.25) is 0 Å². The minimum absolute atomic E-state index is 0.823. The van der Waals surface area contributed by atoms with E-state index >= 15 is 0 Å². The van der Waals surface area contributed by atoms with Crippen molar-refractivity contribution in [3.8, 4) is 22.8 Å². The maximum absolute atomic E-state index is 5.42. The molecular weight excluding hydrogens is 560 g/mol. The molecule has 0 aliphatic rings. The van der Waals surface area contributed by atoms with Gasteiger partial charge in [0.2, 0.25) is 0 Å². The summed E-state index contributed by atoms with van der Waals surface area (Å²) in [6.07, 6.45) is 0. The Kier molecular flexibility index (Phi) is 5.25. The lowest BCUT2D eigenvalue weighted by atomic mass is 10.0. The van der Waals surface area contributed by atoms with Gasteiger partial charge >= 0.3 is 0 Å². The van der Waals surface area contributed by atoms with Gasteiger partial charge in [0.25, 0.3) is 0 Å². The van der Waals surface area contributed by atoms with Crippen molar-refractivity contribution in [2.24, 2.45) is 0 Å². The Bertz CT molecular complexity index is 2810. The number of hydrogen-bond donors (Lipinski definition) is 0. The highest BCUT2D eigenvalue weighted by Gasteiger charge is 2.23. The molecule has 214 valence electrons. The average Bonchev–Trinajstić information content (AvgIpc) is 3.64. The largest absolute Gasteiger partial charge is 0.309 e. The topological polar surface area (TPSA) is 35.6 Å². The smallest absolute Gasteiger partial charge is 0.165 e. The molecule has 7 aromatic carbocycles. The van der Waals surface area contributed by atoms with Gasteiger partial charge in [-0.1, -0.05) is 109 Å². The summed E-state index contributed by atoms with van der Waals surface area (Å²) < 4.78 is 4.74. The minimum atomic E-state index is 0.823. The SMILES string of the molecule is c1ccc(-n2c3ccccc3c3c2ccc2c4ccccc4n(-c4nc5ccccc5nc4-c4ccc5ccccc5c4)c23)cc1. The zero-order chi connectivity index (χ0) is 30.2. The number of nitrogens with zero attached hydrogens (tertiary/aromatic N) is 4. The molecule has 0 amide bonds. The number of hydrogen-bond acceptors (Lipinski definition) is 2. The van der Waals surface area contributed by atoms with E-state index in [0.29, 0.717) is 0 Å². The summed E-state index contributed by atoms with van der Waals surface area (Å²) in [6, 6.07) is 55.8. The van der Waals surface area contributed by atoms with Crippen molar-refractivity contribution in [1.29, 1.82) is 0 Å². The molecule has 0 unspecified atom stereocenters. The first kappa shape index (κ1) is 25.1. The standard InChI is InChI=1S/C42H26N4/c1-2-14-30(15-3-1)45-37-21-11-7-17-33(37)39-38(45)25-24-32-31-16-6-10-20-36(31)46(41(32)39)42-40(43-34-18-8-9-19-35(34)44-42)29-23-22-27-12-4-5-13-28(27)26-29/h1-26H. The predicted molar refractivity (Wildman–Crippen MR) is 191 cm³/mol. The third-order valence-corrected chi connectivity index (χ3v) is 9.27. The fourth-order valence-corrected chi connectivity index (χ4v) is 7.26. The normalized spacial score (nSPS) is 11.9. The molecule has 4 nitrogen and oxygen atoms in total. The van der Waals surface area contributed by atoms with Crippen molar-refractivity contribution in [2.75, 3.05) is 0 Å². The van der Waals surface area contributed by atoms with Gasteiger partial charge in [0, 0.05) is 32.8 Å². The van der Waals surface area contributed by atoms with E-state index in [1.807, 2.05) is 18.2 Å². The van der Waals surface area contributed by atoms with Crippen LogP contribution in [0.15, 0.2) is 158 Å². The molecule has 0 aliphatic carbocycles. The van der Waals surface area contributed by atoms with Crippen LogP contribution in [0.5, 0.6) is 0 Å².